The quantitative estimate of drug-likeness (QED) is 0.344. The number of hydrazine groups is 2. The molecule has 1 aromatic carbocycles. The number of carbonyl (C=O) groups is 1. The number of amides is 1. The van der Waals surface area contributed by atoms with Crippen molar-refractivity contribution in [3.63, 3.8) is 0 Å². The van der Waals surface area contributed by atoms with Crippen molar-refractivity contribution in [3.8, 4) is 0 Å². The van der Waals surface area contributed by atoms with Gasteiger partial charge >= 0.3 is 0 Å². The van der Waals surface area contributed by atoms with Crippen LogP contribution >= 0.6 is 0 Å². The Morgan fingerprint density at radius 2 is 1.88 bits per heavy atom. The summed E-state index contributed by atoms with van der Waals surface area (Å²) >= 11 is 0. The van der Waals surface area contributed by atoms with E-state index in [-0.39, 0.29) is 30.5 Å². The van der Waals surface area contributed by atoms with Crippen LogP contribution in [0.15, 0.2) is 58.8 Å². The van der Waals surface area contributed by atoms with Gasteiger partial charge in [0.2, 0.25) is 5.91 Å². The SMILES string of the molecule is CC(C)OCC(C)C(C)C(=O)Nc1cccc(CO/N=C(\C2=NNNN2C)c2ccccc2)n1. The number of benzene rings is 1. The highest BCUT2D eigenvalue weighted by Crippen LogP contribution is 2.16. The Morgan fingerprint density at radius 1 is 1.12 bits per heavy atom. The molecule has 2 heterocycles. The number of hydrogen-bond donors (Lipinski definition) is 3. The molecule has 1 aliphatic heterocycles. The van der Waals surface area contributed by atoms with Crippen LogP contribution in [0.3, 0.4) is 0 Å². The molecule has 3 N–H and O–H groups in total. The van der Waals surface area contributed by atoms with Crippen molar-refractivity contribution in [1.29, 1.82) is 0 Å². The summed E-state index contributed by atoms with van der Waals surface area (Å²) in [7, 11) is 1.82. The standard InChI is InChI=1S/C24H33N7O3/c1-16(2)33-14-17(3)18(4)24(32)26-21-13-9-12-20(25-21)15-34-28-22(19-10-7-6-8-11-19)23-27-29-30-31(23)5/h6-13,16-18,29-30H,14-15H2,1-5H3,(H,25,26,32)/b28-22-. The molecule has 0 saturated carbocycles. The summed E-state index contributed by atoms with van der Waals surface area (Å²) in [6.07, 6.45) is 0.134. The minimum Gasteiger partial charge on any atom is -0.389 e. The van der Waals surface area contributed by atoms with Gasteiger partial charge in [0.05, 0.1) is 18.4 Å². The van der Waals surface area contributed by atoms with Gasteiger partial charge in [-0.2, -0.15) is 0 Å². The summed E-state index contributed by atoms with van der Waals surface area (Å²) in [5, 5.41) is 13.1. The molecular weight excluding hydrogens is 434 g/mol. The zero-order valence-electron chi connectivity index (χ0n) is 20.3. The van der Waals surface area contributed by atoms with E-state index < -0.39 is 0 Å². The normalized spacial score (nSPS) is 15.5. The lowest BCUT2D eigenvalue weighted by Gasteiger charge is -2.20. The van der Waals surface area contributed by atoms with Crippen LogP contribution in [-0.2, 0) is 21.0 Å². The largest absolute Gasteiger partial charge is 0.389 e. The van der Waals surface area contributed by atoms with E-state index in [4.69, 9.17) is 9.57 Å². The van der Waals surface area contributed by atoms with Crippen LogP contribution in [0.5, 0.6) is 0 Å². The van der Waals surface area contributed by atoms with Crippen molar-refractivity contribution >= 4 is 23.3 Å². The van der Waals surface area contributed by atoms with Gasteiger partial charge in [-0.3, -0.25) is 9.80 Å². The molecule has 0 spiro atoms. The van der Waals surface area contributed by atoms with E-state index in [1.807, 2.05) is 77.2 Å². The fourth-order valence-electron chi connectivity index (χ4n) is 3.09. The van der Waals surface area contributed by atoms with Crippen LogP contribution in [0.1, 0.15) is 39.0 Å². The van der Waals surface area contributed by atoms with Gasteiger partial charge in [0.25, 0.3) is 0 Å². The number of rotatable bonds is 11. The predicted octanol–water partition coefficient (Wildman–Crippen LogP) is 2.91. The molecule has 1 amide bonds. The Bertz CT molecular complexity index is 1010. The second kappa shape index (κ2) is 12.1. The Balaban J connectivity index is 1.63. The fourth-order valence-corrected chi connectivity index (χ4v) is 3.09. The van der Waals surface area contributed by atoms with Gasteiger partial charge in [-0.05, 0) is 31.9 Å². The molecular formula is C24H33N7O3. The number of carbonyl (C=O) groups excluding carboxylic acids is 1. The third kappa shape index (κ3) is 7.00. The average molecular weight is 468 g/mol. The van der Waals surface area contributed by atoms with Gasteiger partial charge in [-0.1, -0.05) is 55.4 Å². The van der Waals surface area contributed by atoms with Gasteiger partial charge in [0.1, 0.15) is 5.82 Å². The Morgan fingerprint density at radius 3 is 2.56 bits per heavy atom. The molecule has 3 rings (SSSR count). The summed E-state index contributed by atoms with van der Waals surface area (Å²) in [6.45, 7) is 8.52. The monoisotopic (exact) mass is 467 g/mol. The van der Waals surface area contributed by atoms with Crippen LogP contribution in [0.4, 0.5) is 5.82 Å². The maximum absolute atomic E-state index is 12.7. The highest BCUT2D eigenvalue weighted by atomic mass is 16.6. The highest BCUT2D eigenvalue weighted by Gasteiger charge is 2.22. The number of likely N-dealkylation sites (N-methyl/N-ethyl adjacent to an activating group) is 1. The summed E-state index contributed by atoms with van der Waals surface area (Å²) in [5.74, 6) is 0.822. The average Bonchev–Trinajstić information content (AvgIpc) is 3.26. The topological polar surface area (TPSA) is 112 Å². The molecule has 2 aromatic rings. The zero-order valence-corrected chi connectivity index (χ0v) is 20.3. The van der Waals surface area contributed by atoms with Gasteiger partial charge in [0.15, 0.2) is 18.2 Å². The molecule has 1 aromatic heterocycles. The number of nitrogens with one attached hydrogen (secondary N) is 3. The number of nitrogens with zero attached hydrogens (tertiary/aromatic N) is 4. The van der Waals surface area contributed by atoms with Crippen LogP contribution in [0.25, 0.3) is 0 Å². The lowest BCUT2D eigenvalue weighted by atomic mass is 9.96. The van der Waals surface area contributed by atoms with Crippen molar-refractivity contribution < 1.29 is 14.4 Å². The van der Waals surface area contributed by atoms with E-state index in [1.54, 1.807) is 11.1 Å². The van der Waals surface area contributed by atoms with Gasteiger partial charge in [-0.15, -0.1) is 10.6 Å². The second-order valence-electron chi connectivity index (χ2n) is 8.45. The van der Waals surface area contributed by atoms with E-state index in [2.05, 4.69) is 31.6 Å². The predicted molar refractivity (Wildman–Crippen MR) is 132 cm³/mol. The third-order valence-electron chi connectivity index (χ3n) is 5.34. The first-order chi connectivity index (χ1) is 16.3. The first-order valence-electron chi connectivity index (χ1n) is 11.3. The summed E-state index contributed by atoms with van der Waals surface area (Å²) < 4.78 is 5.64. The van der Waals surface area contributed by atoms with Crippen molar-refractivity contribution in [3.05, 3.63) is 59.8 Å². The molecule has 1 aliphatic rings. The van der Waals surface area contributed by atoms with Crippen LogP contribution in [0.2, 0.25) is 0 Å². The number of anilines is 1. The molecule has 182 valence electrons. The number of pyridine rings is 1. The molecule has 34 heavy (non-hydrogen) atoms. The first kappa shape index (κ1) is 25.1. The highest BCUT2D eigenvalue weighted by molar-refractivity contribution is 6.47. The fraction of sp³-hybridized carbons (Fsp3) is 0.417. The molecule has 2 unspecified atom stereocenters. The minimum atomic E-state index is -0.218. The number of aromatic nitrogens is 1. The molecule has 2 atom stereocenters. The number of hydrazone groups is 1. The number of hydrogen-bond acceptors (Lipinski definition) is 9. The molecule has 0 fully saturated rings. The van der Waals surface area contributed by atoms with Crippen molar-refractivity contribution in [2.24, 2.45) is 22.1 Å². The smallest absolute Gasteiger partial charge is 0.228 e. The van der Waals surface area contributed by atoms with Crippen LogP contribution in [-0.4, -0.2) is 47.2 Å². The van der Waals surface area contributed by atoms with E-state index in [0.717, 1.165) is 5.56 Å². The van der Waals surface area contributed by atoms with Crippen molar-refractivity contribution in [1.82, 2.24) is 21.1 Å². The molecule has 0 aliphatic carbocycles. The van der Waals surface area contributed by atoms with E-state index >= 15 is 0 Å². The number of ether oxygens (including phenoxy) is 1. The first-order valence-corrected chi connectivity index (χ1v) is 11.3. The Labute approximate surface area is 200 Å². The molecule has 10 nitrogen and oxygen atoms in total. The van der Waals surface area contributed by atoms with Gasteiger partial charge in [0, 0.05) is 18.5 Å². The van der Waals surface area contributed by atoms with E-state index in [1.165, 1.54) is 0 Å². The zero-order chi connectivity index (χ0) is 24.5. The Kier molecular flexibility index (Phi) is 8.94. The van der Waals surface area contributed by atoms with Crippen LogP contribution in [0, 0.1) is 11.8 Å². The minimum absolute atomic E-state index is 0.0836. The summed E-state index contributed by atoms with van der Waals surface area (Å²) in [6, 6.07) is 15.0. The maximum Gasteiger partial charge on any atom is 0.228 e. The maximum atomic E-state index is 12.7. The van der Waals surface area contributed by atoms with Gasteiger partial charge < -0.3 is 14.9 Å². The van der Waals surface area contributed by atoms with E-state index in [0.29, 0.717) is 29.7 Å². The summed E-state index contributed by atoms with van der Waals surface area (Å²) in [4.78, 5) is 22.8. The van der Waals surface area contributed by atoms with Crippen molar-refractivity contribution in [2.45, 2.75) is 40.4 Å². The third-order valence-corrected chi connectivity index (χ3v) is 5.34. The van der Waals surface area contributed by atoms with Crippen molar-refractivity contribution in [2.75, 3.05) is 19.0 Å². The Hall–Kier alpha value is -3.50. The number of amidine groups is 1. The molecule has 0 saturated heterocycles. The van der Waals surface area contributed by atoms with Gasteiger partial charge in [-0.25, -0.2) is 10.5 Å². The lowest BCUT2D eigenvalue weighted by molar-refractivity contribution is -0.121. The van der Waals surface area contributed by atoms with E-state index in [9.17, 15) is 4.79 Å². The molecule has 10 heteroatoms. The number of oxime groups is 1. The van der Waals surface area contributed by atoms with Crippen LogP contribution < -0.4 is 16.4 Å². The molecule has 0 radical (unpaired) electrons. The second-order valence-corrected chi connectivity index (χ2v) is 8.45. The molecule has 0 bridgehead atoms. The lowest BCUT2D eigenvalue weighted by Crippen LogP contribution is -2.40. The summed E-state index contributed by atoms with van der Waals surface area (Å²) in [5.41, 5.74) is 7.63.